The van der Waals surface area contributed by atoms with Crippen molar-refractivity contribution in [1.82, 2.24) is 0 Å². The van der Waals surface area contributed by atoms with Gasteiger partial charge in [-0.2, -0.15) is 0 Å². The van der Waals surface area contributed by atoms with Crippen LogP contribution in [0, 0.1) is 0 Å². The zero-order valence-electron chi connectivity index (χ0n) is 19.9. The molecule has 0 saturated carbocycles. The maximum absolute atomic E-state index is 11.2. The van der Waals surface area contributed by atoms with Gasteiger partial charge in [0.25, 0.3) is 0 Å². The van der Waals surface area contributed by atoms with Crippen molar-refractivity contribution in [3.63, 3.8) is 0 Å². The first-order valence-electron chi connectivity index (χ1n) is 11.6. The summed E-state index contributed by atoms with van der Waals surface area (Å²) in [7, 11) is 1.68. The first-order valence-corrected chi connectivity index (χ1v) is 11.6. The Kier molecular flexibility index (Phi) is 9.50. The molecule has 34 heavy (non-hydrogen) atoms. The first kappa shape index (κ1) is 25.3. The number of carbonyl (C=O) groups is 1. The van der Waals surface area contributed by atoms with Crippen molar-refractivity contribution in [1.29, 1.82) is 0 Å². The summed E-state index contributed by atoms with van der Waals surface area (Å²) >= 11 is 0. The summed E-state index contributed by atoms with van der Waals surface area (Å²) in [6.07, 6.45) is 1.90. The second-order valence-electron chi connectivity index (χ2n) is 8.33. The van der Waals surface area contributed by atoms with Gasteiger partial charge in [-0.15, -0.1) is 0 Å². The van der Waals surface area contributed by atoms with Crippen LogP contribution in [-0.4, -0.2) is 31.3 Å². The number of nitrogens with two attached hydrogens (primary N) is 1. The Balaban J connectivity index is 1.88. The van der Waals surface area contributed by atoms with Crippen LogP contribution in [-0.2, 0) is 22.6 Å². The average Bonchev–Trinajstić information content (AvgIpc) is 2.83. The summed E-state index contributed by atoms with van der Waals surface area (Å²) in [5.41, 5.74) is 12.2. The molecular weight excluding hydrogens is 428 g/mol. The zero-order chi connectivity index (χ0) is 24.3. The Morgan fingerprint density at radius 1 is 1.06 bits per heavy atom. The van der Waals surface area contributed by atoms with Crippen LogP contribution in [0.15, 0.2) is 66.7 Å². The number of nitrogens with one attached hydrogen (secondary N) is 1. The summed E-state index contributed by atoms with van der Waals surface area (Å²) in [5, 5.41) is 12.6. The monoisotopic (exact) mass is 462 g/mol. The predicted molar refractivity (Wildman–Crippen MR) is 136 cm³/mol. The van der Waals surface area contributed by atoms with E-state index in [1.807, 2.05) is 24.3 Å². The minimum atomic E-state index is -0.885. The Labute approximate surface area is 201 Å². The number of ether oxygens (including phenoxy) is 2. The van der Waals surface area contributed by atoms with E-state index in [0.29, 0.717) is 31.1 Å². The molecule has 0 spiro atoms. The van der Waals surface area contributed by atoms with Crippen molar-refractivity contribution in [3.8, 4) is 16.9 Å². The first-order chi connectivity index (χ1) is 16.5. The Hall–Kier alpha value is -3.35. The summed E-state index contributed by atoms with van der Waals surface area (Å²) in [6.45, 7) is 3.74. The molecule has 0 bridgehead atoms. The van der Waals surface area contributed by atoms with E-state index in [1.54, 1.807) is 19.2 Å². The molecule has 0 heterocycles. The highest BCUT2D eigenvalue weighted by molar-refractivity contribution is 5.71. The molecule has 6 heteroatoms. The molecular formula is C28H34N2O4. The van der Waals surface area contributed by atoms with E-state index in [2.05, 4.69) is 42.6 Å². The van der Waals surface area contributed by atoms with Crippen molar-refractivity contribution in [2.45, 2.75) is 38.8 Å². The molecule has 4 N–H and O–H groups in total. The van der Waals surface area contributed by atoms with Crippen molar-refractivity contribution < 1.29 is 19.4 Å². The molecule has 0 unspecified atom stereocenters. The van der Waals surface area contributed by atoms with Crippen LogP contribution in [0.3, 0.4) is 0 Å². The van der Waals surface area contributed by atoms with Crippen molar-refractivity contribution in [3.05, 3.63) is 83.4 Å². The molecule has 6 nitrogen and oxygen atoms in total. The third-order valence-electron chi connectivity index (χ3n) is 5.58. The number of aliphatic carboxylic acids is 1. The standard InChI is InChI=1S/C28H34N2O4/c1-3-7-26(29)22-10-6-9-21(16-22)24-14-20(15-25(17-24)30-12-13-33-2)19-34-27-11-5-4-8-23(27)18-28(31)32/h4-6,8-11,14-17,26,30H,3,7,12-13,18-19,29H2,1-2H3,(H,31,32)/t26-/m1/s1. The molecule has 3 aromatic carbocycles. The maximum Gasteiger partial charge on any atom is 0.307 e. The van der Waals surface area contributed by atoms with Gasteiger partial charge in [-0.3, -0.25) is 4.79 Å². The van der Waals surface area contributed by atoms with Crippen LogP contribution in [0.1, 0.15) is 42.5 Å². The van der Waals surface area contributed by atoms with Crippen molar-refractivity contribution in [2.24, 2.45) is 5.73 Å². The van der Waals surface area contributed by atoms with Crippen LogP contribution in [0.5, 0.6) is 5.75 Å². The molecule has 180 valence electrons. The summed E-state index contributed by atoms with van der Waals surface area (Å²) < 4.78 is 11.2. The van der Waals surface area contributed by atoms with E-state index in [9.17, 15) is 9.90 Å². The van der Waals surface area contributed by atoms with E-state index < -0.39 is 5.97 Å². The molecule has 0 aliphatic rings. The molecule has 3 rings (SSSR count). The van der Waals surface area contributed by atoms with Gasteiger partial charge in [0.05, 0.1) is 13.0 Å². The summed E-state index contributed by atoms with van der Waals surface area (Å²) in [4.78, 5) is 11.2. The van der Waals surface area contributed by atoms with E-state index in [1.165, 1.54) is 0 Å². The lowest BCUT2D eigenvalue weighted by molar-refractivity contribution is -0.136. The second-order valence-corrected chi connectivity index (χ2v) is 8.33. The molecule has 0 fully saturated rings. The average molecular weight is 463 g/mol. The third kappa shape index (κ3) is 7.33. The second kappa shape index (κ2) is 12.8. The molecule has 0 radical (unpaired) electrons. The van der Waals surface area contributed by atoms with E-state index in [0.717, 1.165) is 40.8 Å². The van der Waals surface area contributed by atoms with Crippen LogP contribution >= 0.6 is 0 Å². The van der Waals surface area contributed by atoms with Gasteiger partial charge in [-0.05, 0) is 59.0 Å². The normalized spacial score (nSPS) is 11.7. The van der Waals surface area contributed by atoms with Crippen molar-refractivity contribution in [2.75, 3.05) is 25.6 Å². The Bertz CT molecular complexity index is 1080. The van der Waals surface area contributed by atoms with E-state index in [-0.39, 0.29) is 12.5 Å². The number of benzene rings is 3. The van der Waals surface area contributed by atoms with Crippen LogP contribution in [0.2, 0.25) is 0 Å². The lowest BCUT2D eigenvalue weighted by Gasteiger charge is -2.16. The lowest BCUT2D eigenvalue weighted by Crippen LogP contribution is -2.10. The number of hydrogen-bond acceptors (Lipinski definition) is 5. The Morgan fingerprint density at radius 2 is 1.88 bits per heavy atom. The number of rotatable bonds is 13. The largest absolute Gasteiger partial charge is 0.489 e. The molecule has 0 aliphatic heterocycles. The molecule has 0 aliphatic carbocycles. The zero-order valence-corrected chi connectivity index (χ0v) is 19.9. The predicted octanol–water partition coefficient (Wildman–Crippen LogP) is 5.42. The molecule has 0 saturated heterocycles. The van der Waals surface area contributed by atoms with E-state index in [4.69, 9.17) is 15.2 Å². The molecule has 3 aromatic rings. The summed E-state index contributed by atoms with van der Waals surface area (Å²) in [5.74, 6) is -0.305. The number of methoxy groups -OCH3 is 1. The number of para-hydroxylation sites is 1. The van der Waals surface area contributed by atoms with Crippen LogP contribution in [0.4, 0.5) is 5.69 Å². The van der Waals surface area contributed by atoms with Gasteiger partial charge >= 0.3 is 5.97 Å². The smallest absolute Gasteiger partial charge is 0.307 e. The lowest BCUT2D eigenvalue weighted by atomic mass is 9.96. The number of carboxylic acids is 1. The summed E-state index contributed by atoms with van der Waals surface area (Å²) in [6, 6.07) is 21.9. The molecule has 1 atom stereocenters. The number of hydrogen-bond donors (Lipinski definition) is 3. The van der Waals surface area contributed by atoms with Gasteiger partial charge in [0.1, 0.15) is 12.4 Å². The minimum absolute atomic E-state index is 0.0153. The van der Waals surface area contributed by atoms with Gasteiger partial charge < -0.3 is 25.6 Å². The van der Waals surface area contributed by atoms with Crippen LogP contribution in [0.25, 0.3) is 11.1 Å². The van der Waals surface area contributed by atoms with Gasteiger partial charge in [0.15, 0.2) is 0 Å². The fourth-order valence-corrected chi connectivity index (χ4v) is 3.88. The highest BCUT2D eigenvalue weighted by atomic mass is 16.5. The maximum atomic E-state index is 11.2. The van der Waals surface area contributed by atoms with Gasteiger partial charge in [0.2, 0.25) is 0 Å². The fraction of sp³-hybridized carbons (Fsp3) is 0.321. The third-order valence-corrected chi connectivity index (χ3v) is 5.58. The number of anilines is 1. The molecule has 0 aromatic heterocycles. The van der Waals surface area contributed by atoms with Gasteiger partial charge in [-0.25, -0.2) is 0 Å². The topological polar surface area (TPSA) is 93.8 Å². The fourth-order valence-electron chi connectivity index (χ4n) is 3.88. The SMILES string of the molecule is CCC[C@@H](N)c1cccc(-c2cc(COc3ccccc3CC(=O)O)cc(NCCOC)c2)c1. The minimum Gasteiger partial charge on any atom is -0.489 e. The molecule has 0 amide bonds. The Morgan fingerprint density at radius 3 is 2.65 bits per heavy atom. The van der Waals surface area contributed by atoms with Gasteiger partial charge in [0, 0.05) is 30.9 Å². The highest BCUT2D eigenvalue weighted by Crippen LogP contribution is 2.29. The quantitative estimate of drug-likeness (QED) is 0.294. The highest BCUT2D eigenvalue weighted by Gasteiger charge is 2.11. The van der Waals surface area contributed by atoms with E-state index >= 15 is 0 Å². The van der Waals surface area contributed by atoms with Gasteiger partial charge in [-0.1, -0.05) is 49.7 Å². The van der Waals surface area contributed by atoms with Crippen LogP contribution < -0.4 is 15.8 Å². The van der Waals surface area contributed by atoms with Crippen molar-refractivity contribution >= 4 is 11.7 Å². The number of carboxylic acid groups (broad SMARTS) is 1.